The normalized spacial score (nSPS) is 13.1. The molecule has 0 saturated heterocycles. The molecule has 2 amide bonds. The van der Waals surface area contributed by atoms with Gasteiger partial charge in [-0.1, -0.05) is 30.3 Å². The van der Waals surface area contributed by atoms with E-state index in [0.29, 0.717) is 40.8 Å². The van der Waals surface area contributed by atoms with Gasteiger partial charge in [0.15, 0.2) is 11.5 Å². The quantitative estimate of drug-likeness (QED) is 0.491. The van der Waals surface area contributed by atoms with Gasteiger partial charge >= 0.3 is 0 Å². The summed E-state index contributed by atoms with van der Waals surface area (Å²) in [5.74, 6) is 1.64. The highest BCUT2D eigenvalue weighted by Gasteiger charge is 2.34. The second kappa shape index (κ2) is 10.4. The molecule has 3 aromatic carbocycles. The molecule has 0 fully saturated rings. The van der Waals surface area contributed by atoms with Gasteiger partial charge in [-0.25, -0.2) is 0 Å². The smallest absolute Gasteiger partial charge is 0.255 e. The minimum absolute atomic E-state index is 0.0583. The molecule has 1 N–H and O–H groups in total. The molecule has 3 aromatic rings. The van der Waals surface area contributed by atoms with Crippen molar-refractivity contribution in [3.63, 3.8) is 0 Å². The summed E-state index contributed by atoms with van der Waals surface area (Å²) in [6.07, 6.45) is 0.0583. The number of carbonyl (C=O) groups excluding carboxylic acids is 2. The third kappa shape index (κ3) is 4.87. The SMILES string of the molecule is COc1ccc([C@H](CC(=O)Nc2cc(OC)c(OC)c(OC)c2)N2Cc3ccccc3C2=O)cc1. The van der Waals surface area contributed by atoms with Gasteiger partial charge in [-0.05, 0) is 29.3 Å². The molecule has 0 saturated carbocycles. The standard InChI is InChI=1S/C27H28N2O6/c1-32-20-11-9-17(10-12-20)22(29-16-18-7-5-6-8-21(18)27(29)31)15-25(30)28-19-13-23(33-2)26(35-4)24(14-19)34-3/h5-14,22H,15-16H2,1-4H3,(H,28,30)/t22-/m0/s1. The van der Waals surface area contributed by atoms with Crippen LogP contribution in [0.4, 0.5) is 5.69 Å². The number of nitrogens with one attached hydrogen (secondary N) is 1. The maximum absolute atomic E-state index is 13.2. The first-order chi connectivity index (χ1) is 17.0. The second-order valence-corrected chi connectivity index (χ2v) is 8.05. The lowest BCUT2D eigenvalue weighted by molar-refractivity contribution is -0.117. The number of rotatable bonds is 9. The van der Waals surface area contributed by atoms with E-state index in [1.165, 1.54) is 21.3 Å². The summed E-state index contributed by atoms with van der Waals surface area (Å²) in [4.78, 5) is 28.2. The lowest BCUT2D eigenvalue weighted by Crippen LogP contribution is -2.32. The van der Waals surface area contributed by atoms with Gasteiger partial charge in [-0.15, -0.1) is 0 Å². The number of nitrogens with zero attached hydrogens (tertiary/aromatic N) is 1. The van der Waals surface area contributed by atoms with E-state index >= 15 is 0 Å². The molecule has 0 aliphatic carbocycles. The van der Waals surface area contributed by atoms with Crippen molar-refractivity contribution < 1.29 is 28.5 Å². The number of ether oxygens (including phenoxy) is 4. The van der Waals surface area contributed by atoms with E-state index in [1.54, 1.807) is 24.1 Å². The van der Waals surface area contributed by atoms with Crippen LogP contribution < -0.4 is 24.3 Å². The van der Waals surface area contributed by atoms with E-state index in [0.717, 1.165) is 11.1 Å². The van der Waals surface area contributed by atoms with Crippen LogP contribution in [0.3, 0.4) is 0 Å². The number of carbonyl (C=O) groups is 2. The first kappa shape index (κ1) is 23.9. The molecule has 0 bridgehead atoms. The van der Waals surface area contributed by atoms with Crippen molar-refractivity contribution in [3.8, 4) is 23.0 Å². The van der Waals surface area contributed by atoms with Crippen molar-refractivity contribution in [3.05, 3.63) is 77.4 Å². The molecule has 1 atom stereocenters. The third-order valence-electron chi connectivity index (χ3n) is 6.05. The van der Waals surface area contributed by atoms with E-state index in [4.69, 9.17) is 18.9 Å². The lowest BCUT2D eigenvalue weighted by Gasteiger charge is -2.28. The molecule has 8 heteroatoms. The summed E-state index contributed by atoms with van der Waals surface area (Å²) in [6, 6.07) is 17.8. The maximum Gasteiger partial charge on any atom is 0.255 e. The van der Waals surface area contributed by atoms with Crippen LogP contribution in [0, 0.1) is 0 Å². The van der Waals surface area contributed by atoms with E-state index in [9.17, 15) is 9.59 Å². The molecule has 0 aromatic heterocycles. The van der Waals surface area contributed by atoms with Crippen molar-refractivity contribution in [2.45, 2.75) is 19.0 Å². The summed E-state index contributed by atoms with van der Waals surface area (Å²) < 4.78 is 21.4. The zero-order valence-electron chi connectivity index (χ0n) is 20.2. The fraction of sp³-hybridized carbons (Fsp3) is 0.259. The number of hydrogen-bond acceptors (Lipinski definition) is 6. The van der Waals surface area contributed by atoms with Crippen LogP contribution in [0.25, 0.3) is 0 Å². The molecule has 4 rings (SSSR count). The monoisotopic (exact) mass is 476 g/mol. The summed E-state index contributed by atoms with van der Waals surface area (Å²) in [6.45, 7) is 0.434. The highest BCUT2D eigenvalue weighted by Crippen LogP contribution is 2.40. The predicted molar refractivity (Wildman–Crippen MR) is 131 cm³/mol. The second-order valence-electron chi connectivity index (χ2n) is 8.05. The minimum Gasteiger partial charge on any atom is -0.497 e. The molecule has 8 nitrogen and oxygen atoms in total. The van der Waals surface area contributed by atoms with Gasteiger partial charge in [-0.2, -0.15) is 0 Å². The van der Waals surface area contributed by atoms with E-state index in [1.807, 2.05) is 48.5 Å². The number of benzene rings is 3. The fourth-order valence-electron chi connectivity index (χ4n) is 4.30. The van der Waals surface area contributed by atoms with Gasteiger partial charge in [0.1, 0.15) is 5.75 Å². The van der Waals surface area contributed by atoms with Crippen LogP contribution >= 0.6 is 0 Å². The summed E-state index contributed by atoms with van der Waals surface area (Å²) in [7, 11) is 6.14. The molecule has 1 heterocycles. The molecule has 1 aliphatic rings. The van der Waals surface area contributed by atoms with E-state index in [-0.39, 0.29) is 18.2 Å². The first-order valence-corrected chi connectivity index (χ1v) is 11.1. The Morgan fingerprint density at radius 3 is 2.14 bits per heavy atom. The molecular formula is C27H28N2O6. The van der Waals surface area contributed by atoms with Crippen molar-refractivity contribution in [2.24, 2.45) is 0 Å². The van der Waals surface area contributed by atoms with E-state index < -0.39 is 6.04 Å². The number of fused-ring (bicyclic) bond motifs is 1. The Morgan fingerprint density at radius 2 is 1.57 bits per heavy atom. The van der Waals surface area contributed by atoms with Gasteiger partial charge in [0.05, 0.1) is 40.9 Å². The molecule has 35 heavy (non-hydrogen) atoms. The molecule has 0 unspecified atom stereocenters. The summed E-state index contributed by atoms with van der Waals surface area (Å²) in [5.41, 5.74) is 2.94. The van der Waals surface area contributed by atoms with Crippen molar-refractivity contribution in [2.75, 3.05) is 33.8 Å². The maximum atomic E-state index is 13.2. The van der Waals surface area contributed by atoms with Gasteiger partial charge < -0.3 is 29.2 Å². The van der Waals surface area contributed by atoms with Crippen LogP contribution in [0.1, 0.15) is 33.9 Å². The zero-order chi connectivity index (χ0) is 24.9. The largest absolute Gasteiger partial charge is 0.497 e. The lowest BCUT2D eigenvalue weighted by atomic mass is 10.0. The number of amides is 2. The van der Waals surface area contributed by atoms with Crippen LogP contribution in [0.15, 0.2) is 60.7 Å². The molecule has 1 aliphatic heterocycles. The van der Waals surface area contributed by atoms with Crippen molar-refractivity contribution in [1.29, 1.82) is 0 Å². The average Bonchev–Trinajstić information content (AvgIpc) is 3.22. The Bertz CT molecular complexity index is 1200. The fourth-order valence-corrected chi connectivity index (χ4v) is 4.30. The minimum atomic E-state index is -0.470. The zero-order valence-corrected chi connectivity index (χ0v) is 20.2. The van der Waals surface area contributed by atoms with Gasteiger partial charge in [-0.3, -0.25) is 9.59 Å². The highest BCUT2D eigenvalue weighted by molar-refractivity contribution is 5.99. The number of methoxy groups -OCH3 is 4. The molecule has 0 spiro atoms. The van der Waals surface area contributed by atoms with Crippen LogP contribution in [-0.2, 0) is 11.3 Å². The van der Waals surface area contributed by atoms with Crippen molar-refractivity contribution >= 4 is 17.5 Å². The average molecular weight is 477 g/mol. The topological polar surface area (TPSA) is 86.3 Å². The first-order valence-electron chi connectivity index (χ1n) is 11.1. The molecule has 182 valence electrons. The van der Waals surface area contributed by atoms with Crippen LogP contribution in [0.5, 0.6) is 23.0 Å². The predicted octanol–water partition coefficient (Wildman–Crippen LogP) is 4.45. The van der Waals surface area contributed by atoms with Gasteiger partial charge in [0, 0.05) is 29.9 Å². The summed E-state index contributed by atoms with van der Waals surface area (Å²) >= 11 is 0. The Kier molecular flexibility index (Phi) is 7.10. The Labute approximate surface area is 204 Å². The summed E-state index contributed by atoms with van der Waals surface area (Å²) in [5, 5.41) is 2.91. The number of anilines is 1. The van der Waals surface area contributed by atoms with Gasteiger partial charge in [0.25, 0.3) is 5.91 Å². The third-order valence-corrected chi connectivity index (χ3v) is 6.05. The number of hydrogen-bond donors (Lipinski definition) is 1. The molecular weight excluding hydrogens is 448 g/mol. The van der Waals surface area contributed by atoms with Crippen LogP contribution in [0.2, 0.25) is 0 Å². The Hall–Kier alpha value is -4.20. The van der Waals surface area contributed by atoms with Crippen molar-refractivity contribution in [1.82, 2.24) is 4.90 Å². The Morgan fingerprint density at radius 1 is 0.914 bits per heavy atom. The van der Waals surface area contributed by atoms with Gasteiger partial charge in [0.2, 0.25) is 11.7 Å². The highest BCUT2D eigenvalue weighted by atomic mass is 16.5. The van der Waals surface area contributed by atoms with E-state index in [2.05, 4.69) is 5.32 Å². The van der Waals surface area contributed by atoms with Crippen LogP contribution in [-0.4, -0.2) is 45.2 Å². The Balaban J connectivity index is 1.61. The molecule has 0 radical (unpaired) electrons.